The summed E-state index contributed by atoms with van der Waals surface area (Å²) in [5, 5.41) is 6.99. The zero-order valence-electron chi connectivity index (χ0n) is 28.1. The summed E-state index contributed by atoms with van der Waals surface area (Å²) in [5.41, 5.74) is 4.27. The Labute approximate surface area is 307 Å². The quantitative estimate of drug-likeness (QED) is 0.113. The molecule has 1 unspecified atom stereocenters. The van der Waals surface area contributed by atoms with Gasteiger partial charge >= 0.3 is 6.09 Å². The number of hydrogen-bond acceptors (Lipinski definition) is 8. The normalized spacial score (nSPS) is 16.2. The third-order valence-corrected chi connectivity index (χ3v) is 9.48. The largest absolute Gasteiger partial charge is 0.490 e. The van der Waals surface area contributed by atoms with E-state index in [4.69, 9.17) is 58.5 Å². The Kier molecular flexibility index (Phi) is 14.1. The van der Waals surface area contributed by atoms with Crippen molar-refractivity contribution in [1.82, 2.24) is 15.5 Å². The molecule has 1 heterocycles. The van der Waals surface area contributed by atoms with E-state index in [2.05, 4.69) is 15.5 Å². The van der Waals surface area contributed by atoms with Crippen LogP contribution in [-0.4, -0.2) is 82.9 Å². The Hall–Kier alpha value is -3.51. The van der Waals surface area contributed by atoms with Crippen LogP contribution in [0.1, 0.15) is 36.0 Å². The molecule has 2 aliphatic rings. The Morgan fingerprint density at radius 1 is 0.920 bits per heavy atom. The summed E-state index contributed by atoms with van der Waals surface area (Å²) in [7, 11) is 3.10. The smallest absolute Gasteiger partial charge is 0.406 e. The predicted molar refractivity (Wildman–Crippen MR) is 194 cm³/mol. The molecule has 1 atom stereocenters. The minimum Gasteiger partial charge on any atom is -0.490 e. The van der Waals surface area contributed by atoms with Gasteiger partial charge in [-0.05, 0) is 71.9 Å². The van der Waals surface area contributed by atoms with E-state index in [0.29, 0.717) is 57.6 Å². The second-order valence-electron chi connectivity index (χ2n) is 11.9. The number of para-hydroxylation sites is 1. The van der Waals surface area contributed by atoms with Crippen molar-refractivity contribution in [3.05, 3.63) is 98.0 Å². The highest BCUT2D eigenvalue weighted by molar-refractivity contribution is 6.37. The van der Waals surface area contributed by atoms with E-state index in [1.165, 1.54) is 7.05 Å². The van der Waals surface area contributed by atoms with E-state index >= 15 is 0 Å². The molecule has 3 aromatic carbocycles. The number of methoxy groups -OCH3 is 1. The molecule has 2 N–H and O–H groups in total. The number of amides is 2. The van der Waals surface area contributed by atoms with E-state index < -0.39 is 6.09 Å². The summed E-state index contributed by atoms with van der Waals surface area (Å²) in [6.07, 6.45) is 2.91. The molecule has 1 aliphatic carbocycles. The maximum absolute atomic E-state index is 14.2. The highest BCUT2D eigenvalue weighted by Gasteiger charge is 2.41. The van der Waals surface area contributed by atoms with Gasteiger partial charge in [-0.2, -0.15) is 0 Å². The SMILES string of the molecule is CNC(=O)OCCc1ccc(Cl)c(CNC(=O)C2=C(c3ccc(OCCOc4c(Cl)cccc4Cl)cc3)CCN(C3CC3)C2COCOC)c1. The molecule has 0 bridgehead atoms. The molecule has 268 valence electrons. The number of benzene rings is 3. The van der Waals surface area contributed by atoms with Crippen molar-refractivity contribution >= 4 is 52.4 Å². The molecule has 13 heteroatoms. The van der Waals surface area contributed by atoms with Crippen LogP contribution in [0, 0.1) is 0 Å². The zero-order valence-corrected chi connectivity index (χ0v) is 30.4. The Balaban J connectivity index is 1.32. The van der Waals surface area contributed by atoms with Crippen molar-refractivity contribution in [2.75, 3.05) is 53.9 Å². The van der Waals surface area contributed by atoms with E-state index in [1.54, 1.807) is 31.4 Å². The van der Waals surface area contributed by atoms with Crippen LogP contribution in [0.25, 0.3) is 5.57 Å². The summed E-state index contributed by atoms with van der Waals surface area (Å²) in [5.74, 6) is 0.910. The standard InChI is InChI=1S/C37H42Cl3N3O7/c1-41-37(45)50-17-15-24-6-13-30(38)26(20-24)21-42-36(44)34-29(14-16-43(27-9-10-27)33(34)22-47-23-46-2)25-7-11-28(12-8-25)48-18-19-49-35-31(39)4-3-5-32(35)40/h3-8,11-13,20,27,33H,9-10,14-19,21-23H2,1-2H3,(H,41,45)(H,42,44). The van der Waals surface area contributed by atoms with Gasteiger partial charge in [0.05, 0.1) is 29.3 Å². The summed E-state index contributed by atoms with van der Waals surface area (Å²) in [6, 6.07) is 18.7. The second-order valence-corrected chi connectivity index (χ2v) is 13.1. The monoisotopic (exact) mass is 745 g/mol. The molecule has 1 aliphatic heterocycles. The van der Waals surface area contributed by atoms with Crippen LogP contribution in [0.3, 0.4) is 0 Å². The number of alkyl carbamates (subject to hydrolysis) is 1. The molecule has 3 aromatic rings. The van der Waals surface area contributed by atoms with E-state index in [1.807, 2.05) is 36.4 Å². The number of rotatable bonds is 17. The number of ether oxygens (including phenoxy) is 5. The van der Waals surface area contributed by atoms with Crippen molar-refractivity contribution in [3.63, 3.8) is 0 Å². The van der Waals surface area contributed by atoms with Gasteiger partial charge in [0.2, 0.25) is 5.91 Å². The molecule has 0 radical (unpaired) electrons. The van der Waals surface area contributed by atoms with Crippen LogP contribution >= 0.6 is 34.8 Å². The molecule has 0 spiro atoms. The van der Waals surface area contributed by atoms with Crippen molar-refractivity contribution < 1.29 is 33.3 Å². The lowest BCUT2D eigenvalue weighted by Crippen LogP contribution is -2.49. The fourth-order valence-corrected chi connectivity index (χ4v) is 6.64. The van der Waals surface area contributed by atoms with Gasteiger partial charge in [0.15, 0.2) is 5.75 Å². The van der Waals surface area contributed by atoms with E-state index in [9.17, 15) is 9.59 Å². The molecule has 5 rings (SSSR count). The fraction of sp³-hybridized carbons (Fsp3) is 0.405. The summed E-state index contributed by atoms with van der Waals surface area (Å²) in [6.45, 7) is 2.25. The number of nitrogens with one attached hydrogen (secondary N) is 2. The van der Waals surface area contributed by atoms with Gasteiger partial charge in [-0.15, -0.1) is 0 Å². The number of hydrogen-bond donors (Lipinski definition) is 2. The van der Waals surface area contributed by atoms with E-state index in [-0.39, 0.29) is 45.1 Å². The van der Waals surface area contributed by atoms with Gasteiger partial charge in [0.25, 0.3) is 0 Å². The number of carbonyl (C=O) groups is 2. The number of carbonyl (C=O) groups excluding carboxylic acids is 2. The summed E-state index contributed by atoms with van der Waals surface area (Å²) in [4.78, 5) is 28.1. The minimum atomic E-state index is -0.487. The first-order chi connectivity index (χ1) is 24.3. The van der Waals surface area contributed by atoms with Crippen LogP contribution in [0.15, 0.2) is 66.2 Å². The molecule has 2 amide bonds. The fourth-order valence-electron chi connectivity index (χ4n) is 5.95. The van der Waals surface area contributed by atoms with Gasteiger partial charge < -0.3 is 34.3 Å². The van der Waals surface area contributed by atoms with Crippen molar-refractivity contribution in [2.24, 2.45) is 0 Å². The third kappa shape index (κ3) is 10.3. The Bertz CT molecular complexity index is 1630. The zero-order chi connectivity index (χ0) is 35.5. The first-order valence-electron chi connectivity index (χ1n) is 16.5. The van der Waals surface area contributed by atoms with Crippen LogP contribution in [0.2, 0.25) is 15.1 Å². The highest BCUT2D eigenvalue weighted by atomic mass is 35.5. The van der Waals surface area contributed by atoms with Gasteiger partial charge in [-0.3, -0.25) is 9.69 Å². The highest BCUT2D eigenvalue weighted by Crippen LogP contribution is 2.39. The van der Waals surface area contributed by atoms with Crippen molar-refractivity contribution in [1.29, 1.82) is 0 Å². The minimum absolute atomic E-state index is 0.129. The second kappa shape index (κ2) is 18.6. The van der Waals surface area contributed by atoms with Gasteiger partial charge in [-0.25, -0.2) is 4.79 Å². The van der Waals surface area contributed by atoms with Gasteiger partial charge in [0.1, 0.15) is 25.8 Å². The summed E-state index contributed by atoms with van der Waals surface area (Å²) >= 11 is 19.0. The van der Waals surface area contributed by atoms with Crippen LogP contribution < -0.4 is 20.1 Å². The number of halogens is 3. The molecule has 1 saturated carbocycles. The Morgan fingerprint density at radius 3 is 2.36 bits per heavy atom. The topological polar surface area (TPSA) is 108 Å². The maximum atomic E-state index is 14.2. The number of nitrogens with zero attached hydrogens (tertiary/aromatic N) is 1. The van der Waals surface area contributed by atoms with Gasteiger partial charge in [-0.1, -0.05) is 65.1 Å². The maximum Gasteiger partial charge on any atom is 0.406 e. The molecular formula is C37H42Cl3N3O7. The van der Waals surface area contributed by atoms with Gasteiger partial charge in [0, 0.05) is 50.3 Å². The third-order valence-electron chi connectivity index (χ3n) is 8.51. The molecule has 1 fully saturated rings. The average molecular weight is 747 g/mol. The molecule has 50 heavy (non-hydrogen) atoms. The van der Waals surface area contributed by atoms with E-state index in [0.717, 1.165) is 41.6 Å². The molecule has 0 aromatic heterocycles. The van der Waals surface area contributed by atoms with Crippen LogP contribution in [0.4, 0.5) is 4.79 Å². The Morgan fingerprint density at radius 2 is 1.66 bits per heavy atom. The lowest BCUT2D eigenvalue weighted by Gasteiger charge is -2.38. The first kappa shape index (κ1) is 37.7. The van der Waals surface area contributed by atoms with Crippen LogP contribution in [0.5, 0.6) is 11.5 Å². The average Bonchev–Trinajstić information content (AvgIpc) is 3.97. The molecule has 10 nitrogen and oxygen atoms in total. The predicted octanol–water partition coefficient (Wildman–Crippen LogP) is 6.93. The first-order valence-corrected chi connectivity index (χ1v) is 17.7. The molecule has 0 saturated heterocycles. The van der Waals surface area contributed by atoms with Crippen molar-refractivity contribution in [2.45, 2.75) is 44.3 Å². The lowest BCUT2D eigenvalue weighted by atomic mass is 9.87. The summed E-state index contributed by atoms with van der Waals surface area (Å²) < 4.78 is 27.9. The van der Waals surface area contributed by atoms with Crippen molar-refractivity contribution in [3.8, 4) is 11.5 Å². The lowest BCUT2D eigenvalue weighted by molar-refractivity contribution is -0.119. The van der Waals surface area contributed by atoms with Crippen LogP contribution in [-0.2, 0) is 32.0 Å². The molecular weight excluding hydrogens is 705 g/mol.